The molecule has 3 rings (SSSR count). The summed E-state index contributed by atoms with van der Waals surface area (Å²) in [5.41, 5.74) is 1.15. The number of hydrogen-bond donors (Lipinski definition) is 1. The summed E-state index contributed by atoms with van der Waals surface area (Å²) in [4.78, 5) is 21.2. The van der Waals surface area contributed by atoms with Crippen LogP contribution in [0.3, 0.4) is 0 Å². The monoisotopic (exact) mass is 305 g/mol. The van der Waals surface area contributed by atoms with Crippen molar-refractivity contribution in [2.24, 2.45) is 0 Å². The summed E-state index contributed by atoms with van der Waals surface area (Å²) >= 11 is 0. The lowest BCUT2D eigenvalue weighted by molar-refractivity contribution is -0.129. The zero-order valence-electron chi connectivity index (χ0n) is 12.4. The Kier molecular flexibility index (Phi) is 3.68. The summed E-state index contributed by atoms with van der Waals surface area (Å²) < 4.78 is 26.3. The van der Waals surface area contributed by atoms with Crippen LogP contribution in [0, 0.1) is 11.6 Å². The van der Waals surface area contributed by atoms with Crippen LogP contribution in [-0.2, 0) is 4.79 Å². The molecule has 2 aromatic rings. The molecule has 0 unspecified atom stereocenters. The summed E-state index contributed by atoms with van der Waals surface area (Å²) in [5.74, 6) is -0.941. The van der Waals surface area contributed by atoms with E-state index in [-0.39, 0.29) is 17.9 Å². The Morgan fingerprint density at radius 3 is 2.73 bits per heavy atom. The van der Waals surface area contributed by atoms with Crippen molar-refractivity contribution in [2.75, 3.05) is 6.54 Å². The molecule has 1 amide bonds. The van der Waals surface area contributed by atoms with Gasteiger partial charge in [0.05, 0.1) is 11.9 Å². The Bertz CT molecular complexity index is 711. The number of benzene rings is 1. The van der Waals surface area contributed by atoms with E-state index < -0.39 is 11.6 Å². The predicted molar refractivity (Wildman–Crippen MR) is 78.1 cm³/mol. The highest BCUT2D eigenvalue weighted by atomic mass is 19.2. The number of nitrogens with one attached hydrogen (secondary N) is 1. The summed E-state index contributed by atoms with van der Waals surface area (Å²) in [5, 5.41) is 0. The van der Waals surface area contributed by atoms with E-state index in [1.165, 1.54) is 6.07 Å². The second kappa shape index (κ2) is 5.51. The second-order valence-corrected chi connectivity index (χ2v) is 5.85. The first-order valence-corrected chi connectivity index (χ1v) is 7.25. The number of aromatic nitrogens is 2. The van der Waals surface area contributed by atoms with Gasteiger partial charge in [0.1, 0.15) is 5.82 Å². The van der Waals surface area contributed by atoms with Crippen LogP contribution in [0.2, 0.25) is 0 Å². The molecule has 0 saturated carbocycles. The summed E-state index contributed by atoms with van der Waals surface area (Å²) in [6.07, 6.45) is 2.01. The van der Waals surface area contributed by atoms with Crippen LogP contribution in [0.4, 0.5) is 8.78 Å². The maximum absolute atomic E-state index is 13.3. The SMILES string of the molecule is CC(C)N1C[C@@H](c2ncc(-c3ccc(F)c(F)c3)[nH]2)CC1=O. The van der Waals surface area contributed by atoms with Gasteiger partial charge in [0.15, 0.2) is 11.6 Å². The minimum atomic E-state index is -0.893. The Balaban J connectivity index is 1.82. The number of H-pyrrole nitrogens is 1. The van der Waals surface area contributed by atoms with E-state index >= 15 is 0 Å². The van der Waals surface area contributed by atoms with Gasteiger partial charge in [0.25, 0.3) is 0 Å². The number of hydrogen-bond acceptors (Lipinski definition) is 2. The largest absolute Gasteiger partial charge is 0.342 e. The molecule has 1 aromatic heterocycles. The summed E-state index contributed by atoms with van der Waals surface area (Å²) in [6, 6.07) is 3.88. The Labute approximate surface area is 127 Å². The van der Waals surface area contributed by atoms with Crippen LogP contribution in [0.5, 0.6) is 0 Å². The van der Waals surface area contributed by atoms with Crippen molar-refractivity contribution in [3.05, 3.63) is 41.9 Å². The van der Waals surface area contributed by atoms with E-state index in [2.05, 4.69) is 9.97 Å². The van der Waals surface area contributed by atoms with Gasteiger partial charge in [-0.15, -0.1) is 0 Å². The van der Waals surface area contributed by atoms with E-state index in [1.54, 1.807) is 6.20 Å². The average molecular weight is 305 g/mol. The lowest BCUT2D eigenvalue weighted by atomic mass is 10.1. The van der Waals surface area contributed by atoms with Crippen LogP contribution < -0.4 is 0 Å². The van der Waals surface area contributed by atoms with Gasteiger partial charge in [-0.25, -0.2) is 13.8 Å². The van der Waals surface area contributed by atoms with Crippen LogP contribution in [0.15, 0.2) is 24.4 Å². The minimum Gasteiger partial charge on any atom is -0.342 e. The zero-order valence-corrected chi connectivity index (χ0v) is 12.4. The maximum Gasteiger partial charge on any atom is 0.223 e. The van der Waals surface area contributed by atoms with Crippen molar-refractivity contribution >= 4 is 5.91 Å². The lowest BCUT2D eigenvalue weighted by Gasteiger charge is -2.20. The standard InChI is InChI=1S/C16H17F2N3O/c1-9(2)21-8-11(6-15(21)22)16-19-7-14(20-16)10-3-4-12(17)13(18)5-10/h3-5,7,9,11H,6,8H2,1-2H3,(H,19,20)/t11-/m0/s1. The van der Waals surface area contributed by atoms with Crippen molar-refractivity contribution in [3.8, 4) is 11.3 Å². The predicted octanol–water partition coefficient (Wildman–Crippen LogP) is 3.08. The fraction of sp³-hybridized carbons (Fsp3) is 0.375. The number of likely N-dealkylation sites (tertiary alicyclic amines) is 1. The normalized spacial score (nSPS) is 18.5. The highest BCUT2D eigenvalue weighted by molar-refractivity contribution is 5.79. The number of aromatic amines is 1. The van der Waals surface area contributed by atoms with E-state index in [4.69, 9.17) is 0 Å². The molecule has 1 aromatic carbocycles. The lowest BCUT2D eigenvalue weighted by Crippen LogP contribution is -2.31. The number of halogens is 2. The molecular formula is C16H17F2N3O. The molecule has 1 aliphatic heterocycles. The third kappa shape index (κ3) is 2.61. The molecule has 1 N–H and O–H groups in total. The molecule has 1 aliphatic rings. The van der Waals surface area contributed by atoms with Gasteiger partial charge >= 0.3 is 0 Å². The van der Waals surface area contributed by atoms with Gasteiger partial charge < -0.3 is 9.88 Å². The van der Waals surface area contributed by atoms with Crippen molar-refractivity contribution in [1.82, 2.24) is 14.9 Å². The molecule has 6 heteroatoms. The fourth-order valence-electron chi connectivity index (χ4n) is 2.77. The number of carbonyl (C=O) groups is 1. The number of amides is 1. The van der Waals surface area contributed by atoms with Crippen molar-refractivity contribution in [2.45, 2.75) is 32.2 Å². The summed E-state index contributed by atoms with van der Waals surface area (Å²) in [6.45, 7) is 4.59. The van der Waals surface area contributed by atoms with Gasteiger partial charge in [0, 0.05) is 30.5 Å². The van der Waals surface area contributed by atoms with Crippen LogP contribution in [0.25, 0.3) is 11.3 Å². The Hall–Kier alpha value is -2.24. The van der Waals surface area contributed by atoms with Crippen LogP contribution in [-0.4, -0.2) is 33.4 Å². The quantitative estimate of drug-likeness (QED) is 0.947. The molecule has 1 saturated heterocycles. The molecular weight excluding hydrogens is 288 g/mol. The fourth-order valence-corrected chi connectivity index (χ4v) is 2.77. The highest BCUT2D eigenvalue weighted by Crippen LogP contribution is 2.29. The first kappa shape index (κ1) is 14.7. The van der Waals surface area contributed by atoms with Crippen molar-refractivity contribution in [3.63, 3.8) is 0 Å². The molecule has 0 bridgehead atoms. The van der Waals surface area contributed by atoms with Crippen LogP contribution >= 0.6 is 0 Å². The van der Waals surface area contributed by atoms with E-state index in [1.807, 2.05) is 18.7 Å². The summed E-state index contributed by atoms with van der Waals surface area (Å²) in [7, 11) is 0. The third-order valence-corrected chi connectivity index (χ3v) is 3.99. The average Bonchev–Trinajstić information content (AvgIpc) is 3.08. The molecule has 1 fully saturated rings. The Morgan fingerprint density at radius 2 is 2.09 bits per heavy atom. The van der Waals surface area contributed by atoms with E-state index in [0.29, 0.717) is 30.0 Å². The van der Waals surface area contributed by atoms with Gasteiger partial charge in [-0.2, -0.15) is 0 Å². The van der Waals surface area contributed by atoms with E-state index in [9.17, 15) is 13.6 Å². The first-order valence-electron chi connectivity index (χ1n) is 7.25. The van der Waals surface area contributed by atoms with Crippen LogP contribution in [0.1, 0.15) is 32.0 Å². The minimum absolute atomic E-state index is 0.00828. The maximum atomic E-state index is 13.3. The van der Waals surface area contributed by atoms with Gasteiger partial charge in [0.2, 0.25) is 5.91 Å². The highest BCUT2D eigenvalue weighted by Gasteiger charge is 2.33. The van der Waals surface area contributed by atoms with E-state index in [0.717, 1.165) is 12.1 Å². The molecule has 4 nitrogen and oxygen atoms in total. The molecule has 116 valence electrons. The third-order valence-electron chi connectivity index (χ3n) is 3.99. The molecule has 0 radical (unpaired) electrons. The van der Waals surface area contributed by atoms with Crippen molar-refractivity contribution < 1.29 is 13.6 Å². The number of imidazole rings is 1. The zero-order chi connectivity index (χ0) is 15.9. The van der Waals surface area contributed by atoms with Crippen molar-refractivity contribution in [1.29, 1.82) is 0 Å². The molecule has 2 heterocycles. The number of rotatable bonds is 3. The smallest absolute Gasteiger partial charge is 0.223 e. The molecule has 1 atom stereocenters. The number of carbonyl (C=O) groups excluding carboxylic acids is 1. The number of nitrogens with zero attached hydrogens (tertiary/aromatic N) is 2. The first-order chi connectivity index (χ1) is 10.5. The molecule has 0 aliphatic carbocycles. The second-order valence-electron chi connectivity index (χ2n) is 5.85. The topological polar surface area (TPSA) is 49.0 Å². The molecule has 22 heavy (non-hydrogen) atoms. The van der Waals surface area contributed by atoms with Gasteiger partial charge in [-0.3, -0.25) is 4.79 Å². The molecule has 0 spiro atoms. The van der Waals surface area contributed by atoms with Gasteiger partial charge in [-0.1, -0.05) is 0 Å². The Morgan fingerprint density at radius 1 is 1.32 bits per heavy atom. The van der Waals surface area contributed by atoms with Gasteiger partial charge in [-0.05, 0) is 32.0 Å².